The minimum atomic E-state index is -3.70. The van der Waals surface area contributed by atoms with E-state index >= 15 is 0 Å². The van der Waals surface area contributed by atoms with Gasteiger partial charge < -0.3 is 10.1 Å². The molecule has 0 bridgehead atoms. The minimum absolute atomic E-state index is 0.0130. The number of amides is 1. The lowest BCUT2D eigenvalue weighted by Gasteiger charge is -2.34. The second-order valence-electron chi connectivity index (χ2n) is 7.59. The van der Waals surface area contributed by atoms with Gasteiger partial charge in [-0.1, -0.05) is 26.7 Å². The molecule has 1 fully saturated rings. The zero-order valence-electron chi connectivity index (χ0n) is 17.2. The van der Waals surface area contributed by atoms with Crippen LogP contribution in [-0.4, -0.2) is 44.7 Å². The molecule has 1 heterocycles. The Kier molecular flexibility index (Phi) is 6.28. The molecule has 158 valence electrons. The third-order valence-corrected chi connectivity index (χ3v) is 7.30. The summed E-state index contributed by atoms with van der Waals surface area (Å²) in [6.07, 6.45) is 3.28. The molecule has 3 rings (SSSR count). The standard InChI is InChI=1S/C20H28N4O4S/c1-12-6-5-7-15(13(12)2)22-20(25)17-11-16(23-24-17)14-8-9-18(28-4)19(10-14)29(26,27)21-3/h8-13,15,21H,5-7H2,1-4H3,(H,22,25)(H,23,24)/t12-,13-,15-/m1/s1. The minimum Gasteiger partial charge on any atom is -0.495 e. The topological polar surface area (TPSA) is 113 Å². The van der Waals surface area contributed by atoms with Crippen LogP contribution < -0.4 is 14.8 Å². The van der Waals surface area contributed by atoms with Gasteiger partial charge in [-0.2, -0.15) is 5.10 Å². The highest BCUT2D eigenvalue weighted by Crippen LogP contribution is 2.31. The Labute approximate surface area is 171 Å². The van der Waals surface area contributed by atoms with Crippen LogP contribution in [0.3, 0.4) is 0 Å². The second kappa shape index (κ2) is 8.54. The van der Waals surface area contributed by atoms with E-state index in [0.29, 0.717) is 28.8 Å². The Balaban J connectivity index is 1.83. The average molecular weight is 421 g/mol. The molecule has 1 aliphatic carbocycles. The molecule has 0 aliphatic heterocycles. The van der Waals surface area contributed by atoms with Crippen molar-refractivity contribution in [2.24, 2.45) is 11.8 Å². The summed E-state index contributed by atoms with van der Waals surface area (Å²) >= 11 is 0. The molecule has 3 N–H and O–H groups in total. The predicted molar refractivity (Wildman–Crippen MR) is 110 cm³/mol. The van der Waals surface area contributed by atoms with Crippen molar-refractivity contribution in [3.8, 4) is 17.0 Å². The van der Waals surface area contributed by atoms with Crippen LogP contribution in [0.15, 0.2) is 29.2 Å². The number of aromatic nitrogens is 2. The molecule has 1 amide bonds. The highest BCUT2D eigenvalue weighted by atomic mass is 32.2. The summed E-state index contributed by atoms with van der Waals surface area (Å²) < 4.78 is 32.0. The van der Waals surface area contributed by atoms with Crippen LogP contribution >= 0.6 is 0 Å². The quantitative estimate of drug-likeness (QED) is 0.665. The number of hydrogen-bond acceptors (Lipinski definition) is 5. The van der Waals surface area contributed by atoms with E-state index in [1.807, 2.05) is 0 Å². The van der Waals surface area contributed by atoms with Gasteiger partial charge in [-0.15, -0.1) is 0 Å². The van der Waals surface area contributed by atoms with Crippen molar-refractivity contribution >= 4 is 15.9 Å². The fraction of sp³-hybridized carbons (Fsp3) is 0.500. The van der Waals surface area contributed by atoms with Gasteiger partial charge in [-0.05, 0) is 49.6 Å². The van der Waals surface area contributed by atoms with Crippen molar-refractivity contribution in [1.29, 1.82) is 0 Å². The van der Waals surface area contributed by atoms with Crippen molar-refractivity contribution in [3.63, 3.8) is 0 Å². The molecule has 0 unspecified atom stereocenters. The smallest absolute Gasteiger partial charge is 0.269 e. The van der Waals surface area contributed by atoms with Gasteiger partial charge in [0.25, 0.3) is 5.91 Å². The van der Waals surface area contributed by atoms with Crippen LogP contribution in [0.5, 0.6) is 5.75 Å². The molecule has 8 nitrogen and oxygen atoms in total. The summed E-state index contributed by atoms with van der Waals surface area (Å²) in [5, 5.41) is 10.1. The van der Waals surface area contributed by atoms with E-state index in [1.54, 1.807) is 18.2 Å². The van der Waals surface area contributed by atoms with Crippen LogP contribution in [0.4, 0.5) is 0 Å². The number of carbonyl (C=O) groups excluding carboxylic acids is 1. The molecule has 0 saturated heterocycles. The van der Waals surface area contributed by atoms with Crippen LogP contribution in [0, 0.1) is 11.8 Å². The number of methoxy groups -OCH3 is 1. The lowest BCUT2D eigenvalue weighted by Crippen LogP contribution is -2.43. The SMILES string of the molecule is CNS(=O)(=O)c1cc(-c2cc(C(=O)N[C@@H]3CCC[C@@H](C)[C@H]3C)[nH]n2)ccc1OC. The molecule has 29 heavy (non-hydrogen) atoms. The summed E-state index contributed by atoms with van der Waals surface area (Å²) in [5.74, 6) is 1.03. The first-order valence-corrected chi connectivity index (χ1v) is 11.2. The molecule has 1 aromatic heterocycles. The third-order valence-electron chi connectivity index (χ3n) is 5.86. The maximum absolute atomic E-state index is 12.7. The lowest BCUT2D eigenvalue weighted by atomic mass is 9.78. The van der Waals surface area contributed by atoms with Crippen LogP contribution in [0.2, 0.25) is 0 Å². The maximum atomic E-state index is 12.7. The number of aromatic amines is 1. The number of nitrogens with zero attached hydrogens (tertiary/aromatic N) is 1. The first kappa shape index (κ1) is 21.3. The van der Waals surface area contributed by atoms with E-state index in [9.17, 15) is 13.2 Å². The van der Waals surface area contributed by atoms with Gasteiger partial charge in [0.05, 0.1) is 12.8 Å². The number of sulfonamides is 1. The molecule has 1 aromatic carbocycles. The Morgan fingerprint density at radius 3 is 2.69 bits per heavy atom. The first-order chi connectivity index (χ1) is 13.8. The number of ether oxygens (including phenoxy) is 1. The molecule has 0 spiro atoms. The van der Waals surface area contributed by atoms with Gasteiger partial charge in [0, 0.05) is 11.6 Å². The maximum Gasteiger partial charge on any atom is 0.269 e. The summed E-state index contributed by atoms with van der Waals surface area (Å²) in [5.41, 5.74) is 1.39. The fourth-order valence-electron chi connectivity index (χ4n) is 3.77. The Morgan fingerprint density at radius 2 is 2.00 bits per heavy atom. The van der Waals surface area contributed by atoms with Gasteiger partial charge in [-0.3, -0.25) is 9.89 Å². The van der Waals surface area contributed by atoms with Gasteiger partial charge in [0.2, 0.25) is 10.0 Å². The third kappa shape index (κ3) is 4.45. The van der Waals surface area contributed by atoms with Crippen molar-refractivity contribution in [2.45, 2.75) is 44.0 Å². The Bertz CT molecular complexity index is 986. The number of carbonyl (C=O) groups is 1. The predicted octanol–water partition coefficient (Wildman–Crippen LogP) is 2.55. The number of rotatable bonds is 6. The van der Waals surface area contributed by atoms with Crippen LogP contribution in [0.25, 0.3) is 11.3 Å². The number of benzene rings is 1. The van der Waals surface area contributed by atoms with E-state index in [-0.39, 0.29) is 22.6 Å². The molecular weight excluding hydrogens is 392 g/mol. The first-order valence-electron chi connectivity index (χ1n) is 9.75. The van der Waals surface area contributed by atoms with Gasteiger partial charge in [-0.25, -0.2) is 13.1 Å². The summed E-state index contributed by atoms with van der Waals surface area (Å²) in [7, 11) is -0.954. The van der Waals surface area contributed by atoms with Crippen molar-refractivity contribution in [2.75, 3.05) is 14.2 Å². The zero-order valence-corrected chi connectivity index (χ0v) is 18.0. The van der Waals surface area contributed by atoms with E-state index in [2.05, 4.69) is 34.1 Å². The molecule has 1 saturated carbocycles. The number of hydrogen-bond donors (Lipinski definition) is 3. The lowest BCUT2D eigenvalue weighted by molar-refractivity contribution is 0.0886. The molecule has 9 heteroatoms. The Morgan fingerprint density at radius 1 is 1.24 bits per heavy atom. The van der Waals surface area contributed by atoms with E-state index in [0.717, 1.165) is 12.8 Å². The van der Waals surface area contributed by atoms with Crippen LogP contribution in [-0.2, 0) is 10.0 Å². The van der Waals surface area contributed by atoms with Crippen molar-refractivity contribution < 1.29 is 17.9 Å². The molecule has 3 atom stereocenters. The van der Waals surface area contributed by atoms with Gasteiger partial charge in [0.1, 0.15) is 16.3 Å². The summed E-state index contributed by atoms with van der Waals surface area (Å²) in [6.45, 7) is 4.39. The molecule has 0 radical (unpaired) electrons. The summed E-state index contributed by atoms with van der Waals surface area (Å²) in [6, 6.07) is 6.53. The van der Waals surface area contributed by atoms with Gasteiger partial charge in [0.15, 0.2) is 0 Å². The normalized spacial score (nSPS) is 22.3. The van der Waals surface area contributed by atoms with E-state index < -0.39 is 10.0 Å². The fourth-order valence-corrected chi connectivity index (χ4v) is 4.69. The largest absolute Gasteiger partial charge is 0.495 e. The highest BCUT2D eigenvalue weighted by Gasteiger charge is 2.29. The molecular formula is C20H28N4O4S. The van der Waals surface area contributed by atoms with E-state index in [1.165, 1.54) is 26.6 Å². The number of H-pyrrole nitrogens is 1. The van der Waals surface area contributed by atoms with Gasteiger partial charge >= 0.3 is 0 Å². The summed E-state index contributed by atoms with van der Waals surface area (Å²) in [4.78, 5) is 12.7. The second-order valence-corrected chi connectivity index (χ2v) is 9.44. The van der Waals surface area contributed by atoms with E-state index in [4.69, 9.17) is 4.74 Å². The monoisotopic (exact) mass is 420 g/mol. The number of nitrogens with one attached hydrogen (secondary N) is 3. The molecule has 1 aliphatic rings. The highest BCUT2D eigenvalue weighted by molar-refractivity contribution is 7.89. The average Bonchev–Trinajstić information content (AvgIpc) is 3.21. The van der Waals surface area contributed by atoms with Crippen molar-refractivity contribution in [3.05, 3.63) is 30.0 Å². The van der Waals surface area contributed by atoms with Crippen LogP contribution in [0.1, 0.15) is 43.6 Å². The zero-order chi connectivity index (χ0) is 21.2. The van der Waals surface area contributed by atoms with Crippen molar-refractivity contribution in [1.82, 2.24) is 20.2 Å². The molecule has 2 aromatic rings. The Hall–Kier alpha value is -2.39.